The Morgan fingerprint density at radius 1 is 1.43 bits per heavy atom. The van der Waals surface area contributed by atoms with E-state index in [0.717, 1.165) is 37.6 Å². The molecule has 2 rings (SSSR count). The fourth-order valence-electron chi connectivity index (χ4n) is 1.71. The summed E-state index contributed by atoms with van der Waals surface area (Å²) in [6.07, 6.45) is 3.97. The van der Waals surface area contributed by atoms with Crippen molar-refractivity contribution in [1.82, 2.24) is 9.97 Å². The SMILES string of the molecule is SCc1nccc(C2CCOCC2)n1. The minimum Gasteiger partial charge on any atom is -0.381 e. The van der Waals surface area contributed by atoms with E-state index in [9.17, 15) is 0 Å². The fourth-order valence-corrected chi connectivity index (χ4v) is 1.86. The smallest absolute Gasteiger partial charge is 0.138 e. The van der Waals surface area contributed by atoms with Gasteiger partial charge in [0.25, 0.3) is 0 Å². The van der Waals surface area contributed by atoms with Gasteiger partial charge in [-0.3, -0.25) is 0 Å². The first-order valence-corrected chi connectivity index (χ1v) is 5.54. The first-order valence-electron chi connectivity index (χ1n) is 4.90. The number of rotatable bonds is 2. The summed E-state index contributed by atoms with van der Waals surface area (Å²) in [7, 11) is 0. The Kier molecular flexibility index (Phi) is 3.37. The van der Waals surface area contributed by atoms with Crippen LogP contribution in [0.25, 0.3) is 0 Å². The average molecular weight is 210 g/mol. The lowest BCUT2D eigenvalue weighted by atomic mass is 9.96. The van der Waals surface area contributed by atoms with Crippen LogP contribution in [0.2, 0.25) is 0 Å². The standard InChI is InChI=1S/C10H14N2OS/c14-7-10-11-4-1-9(12-10)8-2-5-13-6-3-8/h1,4,8,14H,2-3,5-7H2. The van der Waals surface area contributed by atoms with Gasteiger partial charge in [0.2, 0.25) is 0 Å². The van der Waals surface area contributed by atoms with Crippen molar-refractivity contribution in [2.45, 2.75) is 24.5 Å². The zero-order valence-electron chi connectivity index (χ0n) is 8.02. The molecular formula is C10H14N2OS. The Balaban J connectivity index is 2.13. The zero-order valence-corrected chi connectivity index (χ0v) is 8.91. The highest BCUT2D eigenvalue weighted by molar-refractivity contribution is 7.79. The van der Waals surface area contributed by atoms with Crippen LogP contribution >= 0.6 is 12.6 Å². The van der Waals surface area contributed by atoms with Crippen molar-refractivity contribution in [3.05, 3.63) is 23.8 Å². The second-order valence-electron chi connectivity index (χ2n) is 3.44. The van der Waals surface area contributed by atoms with Gasteiger partial charge in [0.15, 0.2) is 0 Å². The van der Waals surface area contributed by atoms with Crippen molar-refractivity contribution in [3.8, 4) is 0 Å². The molecular weight excluding hydrogens is 196 g/mol. The van der Waals surface area contributed by atoms with E-state index < -0.39 is 0 Å². The lowest BCUT2D eigenvalue weighted by molar-refractivity contribution is 0.0844. The van der Waals surface area contributed by atoms with Gasteiger partial charge >= 0.3 is 0 Å². The molecule has 1 saturated heterocycles. The molecule has 1 fully saturated rings. The highest BCUT2D eigenvalue weighted by Gasteiger charge is 2.17. The lowest BCUT2D eigenvalue weighted by Gasteiger charge is -2.21. The van der Waals surface area contributed by atoms with Crippen LogP contribution in [0.4, 0.5) is 0 Å². The summed E-state index contributed by atoms with van der Waals surface area (Å²) in [5, 5.41) is 0. The molecule has 1 aliphatic rings. The summed E-state index contributed by atoms with van der Waals surface area (Å²) < 4.78 is 5.32. The van der Waals surface area contributed by atoms with E-state index in [-0.39, 0.29) is 0 Å². The molecule has 0 N–H and O–H groups in total. The van der Waals surface area contributed by atoms with E-state index in [4.69, 9.17) is 4.74 Å². The second kappa shape index (κ2) is 4.75. The Morgan fingerprint density at radius 3 is 2.93 bits per heavy atom. The van der Waals surface area contributed by atoms with Crippen LogP contribution in [0.1, 0.15) is 30.3 Å². The van der Waals surface area contributed by atoms with Gasteiger partial charge in [-0.15, -0.1) is 0 Å². The lowest BCUT2D eigenvalue weighted by Crippen LogP contribution is -2.15. The maximum atomic E-state index is 5.32. The molecule has 3 nitrogen and oxygen atoms in total. The normalized spacial score (nSPS) is 18.4. The molecule has 1 aromatic rings. The van der Waals surface area contributed by atoms with Gasteiger partial charge in [0.05, 0.1) is 5.75 Å². The molecule has 2 heterocycles. The molecule has 0 spiro atoms. The van der Waals surface area contributed by atoms with Gasteiger partial charge < -0.3 is 4.74 Å². The maximum Gasteiger partial charge on any atom is 0.138 e. The predicted molar refractivity (Wildman–Crippen MR) is 57.5 cm³/mol. The maximum absolute atomic E-state index is 5.32. The third kappa shape index (κ3) is 2.25. The summed E-state index contributed by atoms with van der Waals surface area (Å²) in [5.41, 5.74) is 1.15. The van der Waals surface area contributed by atoms with Gasteiger partial charge in [-0.05, 0) is 18.9 Å². The number of hydrogen-bond donors (Lipinski definition) is 1. The third-order valence-corrected chi connectivity index (χ3v) is 2.79. The average Bonchev–Trinajstić information content (AvgIpc) is 2.30. The Hall–Kier alpha value is -0.610. The Labute approximate surface area is 89.3 Å². The highest BCUT2D eigenvalue weighted by Crippen LogP contribution is 2.24. The van der Waals surface area contributed by atoms with E-state index in [1.54, 1.807) is 0 Å². The number of aromatic nitrogens is 2. The topological polar surface area (TPSA) is 35.0 Å². The summed E-state index contributed by atoms with van der Waals surface area (Å²) in [4.78, 5) is 8.61. The fraction of sp³-hybridized carbons (Fsp3) is 0.600. The van der Waals surface area contributed by atoms with Crippen molar-refractivity contribution < 1.29 is 4.74 Å². The van der Waals surface area contributed by atoms with Gasteiger partial charge in [0.1, 0.15) is 5.82 Å². The van der Waals surface area contributed by atoms with Gasteiger partial charge in [0, 0.05) is 31.0 Å². The molecule has 0 unspecified atom stereocenters. The van der Waals surface area contributed by atoms with Crippen LogP contribution in [0.3, 0.4) is 0 Å². The minimum atomic E-state index is 0.547. The van der Waals surface area contributed by atoms with Crippen molar-refractivity contribution in [2.75, 3.05) is 13.2 Å². The Morgan fingerprint density at radius 2 is 2.21 bits per heavy atom. The van der Waals surface area contributed by atoms with E-state index in [1.165, 1.54) is 0 Å². The monoisotopic (exact) mass is 210 g/mol. The highest BCUT2D eigenvalue weighted by atomic mass is 32.1. The summed E-state index contributed by atoms with van der Waals surface area (Å²) in [6.45, 7) is 1.70. The van der Waals surface area contributed by atoms with Crippen molar-refractivity contribution in [1.29, 1.82) is 0 Å². The van der Waals surface area contributed by atoms with Crippen LogP contribution in [0, 0.1) is 0 Å². The van der Waals surface area contributed by atoms with E-state index in [0.29, 0.717) is 11.7 Å². The molecule has 0 bridgehead atoms. The van der Waals surface area contributed by atoms with Crippen LogP contribution < -0.4 is 0 Å². The first-order chi connectivity index (χ1) is 6.90. The molecule has 0 aliphatic carbocycles. The van der Waals surface area contributed by atoms with E-state index >= 15 is 0 Å². The number of nitrogens with zero attached hydrogens (tertiary/aromatic N) is 2. The molecule has 76 valence electrons. The first kappa shape index (κ1) is 9.93. The number of thiol groups is 1. The van der Waals surface area contributed by atoms with E-state index in [1.807, 2.05) is 12.3 Å². The van der Waals surface area contributed by atoms with Crippen LogP contribution in [0.15, 0.2) is 12.3 Å². The zero-order chi connectivity index (χ0) is 9.80. The summed E-state index contributed by atoms with van der Waals surface area (Å²) >= 11 is 4.17. The molecule has 0 atom stereocenters. The predicted octanol–water partition coefficient (Wildman–Crippen LogP) is 1.80. The molecule has 0 aromatic carbocycles. The molecule has 0 radical (unpaired) electrons. The van der Waals surface area contributed by atoms with E-state index in [2.05, 4.69) is 22.6 Å². The quantitative estimate of drug-likeness (QED) is 0.756. The van der Waals surface area contributed by atoms with Crippen molar-refractivity contribution in [3.63, 3.8) is 0 Å². The Bertz CT molecular complexity index is 300. The van der Waals surface area contributed by atoms with Crippen LogP contribution in [-0.4, -0.2) is 23.2 Å². The molecule has 0 saturated carbocycles. The minimum absolute atomic E-state index is 0.547. The van der Waals surface area contributed by atoms with Crippen LogP contribution in [-0.2, 0) is 10.5 Å². The van der Waals surface area contributed by atoms with Gasteiger partial charge in [-0.2, -0.15) is 12.6 Å². The molecule has 14 heavy (non-hydrogen) atoms. The third-order valence-electron chi connectivity index (χ3n) is 2.51. The molecule has 1 aromatic heterocycles. The largest absolute Gasteiger partial charge is 0.381 e. The van der Waals surface area contributed by atoms with Crippen molar-refractivity contribution in [2.24, 2.45) is 0 Å². The molecule has 4 heteroatoms. The molecule has 1 aliphatic heterocycles. The van der Waals surface area contributed by atoms with Crippen molar-refractivity contribution >= 4 is 12.6 Å². The van der Waals surface area contributed by atoms with Gasteiger partial charge in [-0.1, -0.05) is 0 Å². The second-order valence-corrected chi connectivity index (χ2v) is 3.76. The molecule has 0 amide bonds. The van der Waals surface area contributed by atoms with Gasteiger partial charge in [-0.25, -0.2) is 9.97 Å². The summed E-state index contributed by atoms with van der Waals surface area (Å²) in [6, 6.07) is 2.00. The van der Waals surface area contributed by atoms with Crippen LogP contribution in [0.5, 0.6) is 0 Å². The number of ether oxygens (including phenoxy) is 1. The number of hydrogen-bond acceptors (Lipinski definition) is 4. The summed E-state index contributed by atoms with van der Waals surface area (Å²) in [5.74, 6) is 1.97.